The van der Waals surface area contributed by atoms with E-state index in [9.17, 15) is 18.0 Å². The number of fused-ring (bicyclic) bond motifs is 2. The maximum atomic E-state index is 13.4. The fourth-order valence-corrected chi connectivity index (χ4v) is 4.94. The number of nitrogens with zero attached hydrogens (tertiary/aromatic N) is 2. The standard InChI is InChI=1S/C28H24F3N3O/c1-16(2)26-22(27(35)32-23-14-10-18-6-4-5-7-21(18)23)13-15-24-25(17(3)33-34(24)26)19-8-11-20(12-9-19)28(29,30)31/h4-9,11-13,15,23H,1,10,14H2,2-3H3,(H,32,35)/t23-/m0/s1. The van der Waals surface area contributed by atoms with E-state index in [1.54, 1.807) is 23.6 Å². The summed E-state index contributed by atoms with van der Waals surface area (Å²) in [7, 11) is 0. The lowest BCUT2D eigenvalue weighted by Crippen LogP contribution is -2.28. The zero-order valence-electron chi connectivity index (χ0n) is 19.4. The Morgan fingerprint density at radius 3 is 2.49 bits per heavy atom. The van der Waals surface area contributed by atoms with E-state index in [0.29, 0.717) is 33.6 Å². The second-order valence-electron chi connectivity index (χ2n) is 8.97. The van der Waals surface area contributed by atoms with Gasteiger partial charge in [-0.25, -0.2) is 4.52 Å². The molecule has 0 radical (unpaired) electrons. The largest absolute Gasteiger partial charge is 0.416 e. The highest BCUT2D eigenvalue weighted by Gasteiger charge is 2.30. The molecule has 1 atom stereocenters. The molecule has 1 amide bonds. The van der Waals surface area contributed by atoms with Crippen LogP contribution in [-0.4, -0.2) is 15.5 Å². The fraction of sp³-hybridized carbons (Fsp3) is 0.214. The number of amides is 1. The molecule has 1 aliphatic rings. The van der Waals surface area contributed by atoms with Gasteiger partial charge in [-0.1, -0.05) is 43.0 Å². The number of aromatic nitrogens is 2. The average Bonchev–Trinajstić information content (AvgIpc) is 3.37. The highest BCUT2D eigenvalue weighted by Crippen LogP contribution is 2.35. The molecule has 35 heavy (non-hydrogen) atoms. The first-order valence-electron chi connectivity index (χ1n) is 11.4. The molecule has 2 heterocycles. The second kappa shape index (κ2) is 8.41. The van der Waals surface area contributed by atoms with Gasteiger partial charge in [0.15, 0.2) is 0 Å². The van der Waals surface area contributed by atoms with Gasteiger partial charge in [-0.2, -0.15) is 18.3 Å². The van der Waals surface area contributed by atoms with Crippen LogP contribution in [0.3, 0.4) is 0 Å². The van der Waals surface area contributed by atoms with Crippen molar-refractivity contribution in [3.8, 4) is 11.1 Å². The normalized spacial score (nSPS) is 15.3. The number of hydrogen-bond acceptors (Lipinski definition) is 2. The maximum Gasteiger partial charge on any atom is 0.416 e. The SMILES string of the molecule is C=C(C)c1c(C(=O)N[C@H]2CCc3ccccc32)ccc2c(-c3ccc(C(F)(F)F)cc3)c(C)nn12. The molecule has 0 aliphatic heterocycles. The van der Waals surface area contributed by atoms with Gasteiger partial charge < -0.3 is 5.32 Å². The molecular formula is C28H24F3N3O. The molecule has 5 rings (SSSR count). The minimum absolute atomic E-state index is 0.0607. The lowest BCUT2D eigenvalue weighted by atomic mass is 10.0. The number of carbonyl (C=O) groups excluding carboxylic acids is 1. The van der Waals surface area contributed by atoms with Gasteiger partial charge in [0.2, 0.25) is 0 Å². The summed E-state index contributed by atoms with van der Waals surface area (Å²) in [4.78, 5) is 13.4. The third kappa shape index (κ3) is 4.01. The Balaban J connectivity index is 1.55. The van der Waals surface area contributed by atoms with E-state index in [4.69, 9.17) is 0 Å². The van der Waals surface area contributed by atoms with Crippen LogP contribution in [0, 0.1) is 6.92 Å². The van der Waals surface area contributed by atoms with E-state index in [2.05, 4.69) is 23.1 Å². The van der Waals surface area contributed by atoms with Crippen molar-refractivity contribution in [2.24, 2.45) is 0 Å². The first kappa shape index (κ1) is 22.9. The lowest BCUT2D eigenvalue weighted by Gasteiger charge is -2.17. The third-order valence-corrected chi connectivity index (χ3v) is 6.56. The van der Waals surface area contributed by atoms with Crippen molar-refractivity contribution in [1.29, 1.82) is 0 Å². The maximum absolute atomic E-state index is 13.4. The van der Waals surface area contributed by atoms with Crippen molar-refractivity contribution in [2.75, 3.05) is 0 Å². The van der Waals surface area contributed by atoms with Gasteiger partial charge in [0.05, 0.1) is 34.1 Å². The highest BCUT2D eigenvalue weighted by atomic mass is 19.4. The molecule has 1 N–H and O–H groups in total. The van der Waals surface area contributed by atoms with Gasteiger partial charge in [-0.15, -0.1) is 0 Å². The van der Waals surface area contributed by atoms with Crippen LogP contribution >= 0.6 is 0 Å². The fourth-order valence-electron chi connectivity index (χ4n) is 4.94. The minimum Gasteiger partial charge on any atom is -0.345 e. The molecule has 178 valence electrons. The lowest BCUT2D eigenvalue weighted by molar-refractivity contribution is -0.137. The van der Waals surface area contributed by atoms with E-state index in [-0.39, 0.29) is 11.9 Å². The van der Waals surface area contributed by atoms with Crippen molar-refractivity contribution < 1.29 is 18.0 Å². The van der Waals surface area contributed by atoms with Crippen LogP contribution in [0.2, 0.25) is 0 Å². The van der Waals surface area contributed by atoms with Gasteiger partial charge in [0, 0.05) is 5.56 Å². The summed E-state index contributed by atoms with van der Waals surface area (Å²) in [5, 5.41) is 7.80. The van der Waals surface area contributed by atoms with Crippen LogP contribution in [0.4, 0.5) is 13.2 Å². The van der Waals surface area contributed by atoms with Gasteiger partial charge >= 0.3 is 6.18 Å². The summed E-state index contributed by atoms with van der Waals surface area (Å²) in [6, 6.07) is 16.6. The van der Waals surface area contributed by atoms with Crippen LogP contribution in [0.25, 0.3) is 22.2 Å². The Hall–Kier alpha value is -3.87. The number of rotatable bonds is 4. The predicted octanol–water partition coefficient (Wildman–Crippen LogP) is 6.78. The van der Waals surface area contributed by atoms with E-state index in [1.807, 2.05) is 25.1 Å². The number of nitrogens with one attached hydrogen (secondary N) is 1. The third-order valence-electron chi connectivity index (χ3n) is 6.56. The Morgan fingerprint density at radius 2 is 1.80 bits per heavy atom. The number of pyridine rings is 1. The number of carbonyl (C=O) groups is 1. The van der Waals surface area contributed by atoms with E-state index < -0.39 is 11.7 Å². The van der Waals surface area contributed by atoms with Crippen molar-refractivity contribution in [3.05, 3.63) is 101 Å². The van der Waals surface area contributed by atoms with Crippen molar-refractivity contribution >= 4 is 17.0 Å². The predicted molar refractivity (Wildman–Crippen MR) is 130 cm³/mol. The van der Waals surface area contributed by atoms with Crippen LogP contribution in [0.5, 0.6) is 0 Å². The molecule has 0 bridgehead atoms. The average molecular weight is 476 g/mol. The van der Waals surface area contributed by atoms with Crippen LogP contribution in [-0.2, 0) is 12.6 Å². The number of halogens is 3. The summed E-state index contributed by atoms with van der Waals surface area (Å²) in [6.07, 6.45) is -2.64. The Bertz CT molecular complexity index is 1470. The van der Waals surface area contributed by atoms with Gasteiger partial charge in [-0.3, -0.25) is 4.79 Å². The van der Waals surface area contributed by atoms with Crippen LogP contribution in [0.15, 0.2) is 67.2 Å². The number of hydrogen-bond donors (Lipinski definition) is 1. The Labute approximate surface area is 201 Å². The highest BCUT2D eigenvalue weighted by molar-refractivity contribution is 6.00. The minimum atomic E-state index is -4.40. The molecule has 2 aromatic carbocycles. The summed E-state index contributed by atoms with van der Waals surface area (Å²) in [5.74, 6) is -0.212. The van der Waals surface area contributed by atoms with Gasteiger partial charge in [-0.05, 0) is 73.2 Å². The molecule has 1 aliphatic carbocycles. The number of alkyl halides is 3. The molecule has 0 unspecified atom stereocenters. The van der Waals surface area contributed by atoms with E-state index in [1.165, 1.54) is 17.7 Å². The summed E-state index contributed by atoms with van der Waals surface area (Å²) in [5.41, 5.74) is 6.06. The van der Waals surface area contributed by atoms with Crippen molar-refractivity contribution in [2.45, 2.75) is 38.9 Å². The number of aryl methyl sites for hydroxylation is 2. The summed E-state index contributed by atoms with van der Waals surface area (Å²) >= 11 is 0. The summed E-state index contributed by atoms with van der Waals surface area (Å²) in [6.45, 7) is 7.68. The molecule has 0 saturated carbocycles. The zero-order valence-corrected chi connectivity index (χ0v) is 19.4. The molecular weight excluding hydrogens is 451 g/mol. The Morgan fingerprint density at radius 1 is 1.09 bits per heavy atom. The molecule has 0 saturated heterocycles. The molecule has 0 fully saturated rings. The number of allylic oxidation sites excluding steroid dienone is 1. The van der Waals surface area contributed by atoms with E-state index >= 15 is 0 Å². The topological polar surface area (TPSA) is 46.4 Å². The quantitative estimate of drug-likeness (QED) is 0.354. The van der Waals surface area contributed by atoms with Gasteiger partial charge in [0.25, 0.3) is 5.91 Å². The number of benzene rings is 2. The second-order valence-corrected chi connectivity index (χ2v) is 8.97. The Kier molecular flexibility index (Phi) is 5.50. The first-order valence-corrected chi connectivity index (χ1v) is 11.4. The molecule has 4 aromatic rings. The molecule has 7 heteroatoms. The summed E-state index contributed by atoms with van der Waals surface area (Å²) < 4.78 is 40.7. The van der Waals surface area contributed by atoms with Gasteiger partial charge in [0.1, 0.15) is 0 Å². The zero-order chi connectivity index (χ0) is 24.9. The van der Waals surface area contributed by atoms with E-state index in [0.717, 1.165) is 36.1 Å². The molecule has 0 spiro atoms. The molecule has 4 nitrogen and oxygen atoms in total. The monoisotopic (exact) mass is 475 g/mol. The van der Waals surface area contributed by atoms with Crippen molar-refractivity contribution in [3.63, 3.8) is 0 Å². The van der Waals surface area contributed by atoms with Crippen LogP contribution < -0.4 is 5.32 Å². The van der Waals surface area contributed by atoms with Crippen LogP contribution in [0.1, 0.15) is 57.8 Å². The molecule has 2 aromatic heterocycles. The van der Waals surface area contributed by atoms with Crippen molar-refractivity contribution in [1.82, 2.24) is 14.9 Å². The first-order chi connectivity index (χ1) is 16.6. The smallest absolute Gasteiger partial charge is 0.345 e.